The average Bonchev–Trinajstić information content (AvgIpc) is 2.84. The van der Waals surface area contributed by atoms with E-state index in [1.54, 1.807) is 6.07 Å². The van der Waals surface area contributed by atoms with Gasteiger partial charge < -0.3 is 9.88 Å². The van der Waals surface area contributed by atoms with E-state index >= 15 is 0 Å². The van der Waals surface area contributed by atoms with Crippen molar-refractivity contribution in [2.75, 3.05) is 5.32 Å². The van der Waals surface area contributed by atoms with Crippen LogP contribution in [-0.2, 0) is 11.3 Å². The highest BCUT2D eigenvalue weighted by Crippen LogP contribution is 2.22. The van der Waals surface area contributed by atoms with Crippen LogP contribution in [0.5, 0.6) is 0 Å². The zero-order chi connectivity index (χ0) is 15.7. The van der Waals surface area contributed by atoms with E-state index in [-0.39, 0.29) is 12.5 Å². The van der Waals surface area contributed by atoms with Crippen LogP contribution in [0, 0.1) is 6.92 Å². The molecule has 0 atom stereocenters. The molecule has 0 aliphatic heterocycles. The monoisotopic (exact) mass is 332 g/mol. The van der Waals surface area contributed by atoms with Gasteiger partial charge in [0.15, 0.2) is 0 Å². The number of halogens is 2. The van der Waals surface area contributed by atoms with E-state index in [2.05, 4.69) is 5.32 Å². The van der Waals surface area contributed by atoms with E-state index in [0.717, 1.165) is 22.2 Å². The summed E-state index contributed by atoms with van der Waals surface area (Å²) < 4.78 is 1.90. The maximum Gasteiger partial charge on any atom is 0.244 e. The fourth-order valence-electron chi connectivity index (χ4n) is 2.42. The number of fused-ring (bicyclic) bond motifs is 1. The molecule has 3 nitrogen and oxygen atoms in total. The Morgan fingerprint density at radius 3 is 2.59 bits per heavy atom. The molecule has 0 spiro atoms. The molecule has 3 aromatic rings. The number of carbonyl (C=O) groups is 1. The van der Waals surface area contributed by atoms with Crippen molar-refractivity contribution in [2.45, 2.75) is 13.5 Å². The normalized spacial score (nSPS) is 10.9. The Morgan fingerprint density at radius 1 is 1.09 bits per heavy atom. The van der Waals surface area contributed by atoms with Gasteiger partial charge >= 0.3 is 0 Å². The topological polar surface area (TPSA) is 34.0 Å². The standard InChI is InChI=1S/C17H14Cl2N2O/c1-11-8-13(18)2-4-15(11)20-17(22)10-21-7-6-12-9-14(19)3-5-16(12)21/h2-9H,10H2,1H3,(H,20,22). The van der Waals surface area contributed by atoms with Crippen molar-refractivity contribution in [1.29, 1.82) is 0 Å². The van der Waals surface area contributed by atoms with Crippen molar-refractivity contribution in [3.8, 4) is 0 Å². The summed E-state index contributed by atoms with van der Waals surface area (Å²) in [6.45, 7) is 2.15. The van der Waals surface area contributed by atoms with Crippen LogP contribution in [0.15, 0.2) is 48.7 Å². The minimum Gasteiger partial charge on any atom is -0.338 e. The second-order valence-corrected chi connectivity index (χ2v) is 6.03. The molecule has 0 radical (unpaired) electrons. The summed E-state index contributed by atoms with van der Waals surface area (Å²) in [6.07, 6.45) is 1.88. The molecule has 1 heterocycles. The van der Waals surface area contributed by atoms with Crippen LogP contribution < -0.4 is 5.32 Å². The minimum atomic E-state index is -0.0853. The van der Waals surface area contributed by atoms with Gasteiger partial charge in [-0.3, -0.25) is 4.79 Å². The number of carbonyl (C=O) groups excluding carboxylic acids is 1. The predicted octanol–water partition coefficient (Wildman–Crippen LogP) is 4.90. The van der Waals surface area contributed by atoms with Crippen LogP contribution >= 0.6 is 23.2 Å². The molecule has 3 rings (SSSR count). The Morgan fingerprint density at radius 2 is 1.82 bits per heavy atom. The molecule has 1 N–H and O–H groups in total. The number of anilines is 1. The maximum atomic E-state index is 12.2. The van der Waals surface area contributed by atoms with E-state index in [1.807, 2.05) is 54.1 Å². The smallest absolute Gasteiger partial charge is 0.244 e. The lowest BCUT2D eigenvalue weighted by molar-refractivity contribution is -0.116. The Bertz CT molecular complexity index is 855. The summed E-state index contributed by atoms with van der Waals surface area (Å²) in [5.74, 6) is -0.0853. The van der Waals surface area contributed by atoms with Crippen molar-refractivity contribution >= 4 is 45.7 Å². The third-order valence-corrected chi connectivity index (χ3v) is 3.98. The van der Waals surface area contributed by atoms with E-state index in [1.165, 1.54) is 0 Å². The fourth-order valence-corrected chi connectivity index (χ4v) is 2.83. The van der Waals surface area contributed by atoms with E-state index in [9.17, 15) is 4.79 Å². The van der Waals surface area contributed by atoms with Gasteiger partial charge in [-0.25, -0.2) is 0 Å². The van der Waals surface area contributed by atoms with Gasteiger partial charge in [0.05, 0.1) is 0 Å². The molecule has 0 saturated carbocycles. The molecule has 5 heteroatoms. The molecule has 2 aromatic carbocycles. The van der Waals surface area contributed by atoms with Crippen LogP contribution in [0.3, 0.4) is 0 Å². The van der Waals surface area contributed by atoms with E-state index in [4.69, 9.17) is 23.2 Å². The third kappa shape index (κ3) is 3.11. The first-order valence-corrected chi connectivity index (χ1v) is 7.59. The molecule has 1 aromatic heterocycles. The van der Waals surface area contributed by atoms with Crippen LogP contribution in [0.1, 0.15) is 5.56 Å². The molecule has 0 aliphatic rings. The fraction of sp³-hybridized carbons (Fsp3) is 0.118. The molecule has 112 valence electrons. The molecular weight excluding hydrogens is 319 g/mol. The maximum absolute atomic E-state index is 12.2. The van der Waals surface area contributed by atoms with Crippen LogP contribution in [-0.4, -0.2) is 10.5 Å². The van der Waals surface area contributed by atoms with E-state index in [0.29, 0.717) is 10.0 Å². The second kappa shape index (κ2) is 6.03. The lowest BCUT2D eigenvalue weighted by atomic mass is 10.2. The molecule has 0 unspecified atom stereocenters. The van der Waals surface area contributed by atoms with Crippen molar-refractivity contribution in [2.24, 2.45) is 0 Å². The largest absolute Gasteiger partial charge is 0.338 e. The van der Waals surface area contributed by atoms with Crippen molar-refractivity contribution < 1.29 is 4.79 Å². The quantitative estimate of drug-likeness (QED) is 0.727. The second-order valence-electron chi connectivity index (χ2n) is 5.15. The predicted molar refractivity (Wildman–Crippen MR) is 91.8 cm³/mol. The van der Waals surface area contributed by atoms with Crippen molar-refractivity contribution in [3.63, 3.8) is 0 Å². The van der Waals surface area contributed by atoms with Crippen LogP contribution in [0.4, 0.5) is 5.69 Å². The zero-order valence-electron chi connectivity index (χ0n) is 11.9. The third-order valence-electron chi connectivity index (χ3n) is 3.51. The number of nitrogens with one attached hydrogen (secondary N) is 1. The summed E-state index contributed by atoms with van der Waals surface area (Å²) >= 11 is 11.9. The van der Waals surface area contributed by atoms with E-state index < -0.39 is 0 Å². The Kier molecular flexibility index (Phi) is 4.10. The molecular formula is C17H14Cl2N2O. The number of benzene rings is 2. The summed E-state index contributed by atoms with van der Waals surface area (Å²) in [5.41, 5.74) is 2.69. The summed E-state index contributed by atoms with van der Waals surface area (Å²) in [7, 11) is 0. The number of hydrogen-bond acceptors (Lipinski definition) is 1. The van der Waals surface area contributed by atoms with Gasteiger partial charge in [0.2, 0.25) is 5.91 Å². The van der Waals surface area contributed by atoms with Crippen molar-refractivity contribution in [3.05, 3.63) is 64.3 Å². The first-order chi connectivity index (χ1) is 10.5. The first kappa shape index (κ1) is 14.9. The van der Waals surface area contributed by atoms with Gasteiger partial charge in [0.25, 0.3) is 0 Å². The van der Waals surface area contributed by atoms with Gasteiger partial charge in [-0.2, -0.15) is 0 Å². The Labute approximate surface area is 138 Å². The van der Waals surface area contributed by atoms with Crippen LogP contribution in [0.2, 0.25) is 10.0 Å². The van der Waals surface area contributed by atoms with Crippen molar-refractivity contribution in [1.82, 2.24) is 4.57 Å². The number of nitrogens with zero attached hydrogens (tertiary/aromatic N) is 1. The summed E-state index contributed by atoms with van der Waals surface area (Å²) in [6, 6.07) is 13.0. The molecule has 0 aliphatic carbocycles. The number of aromatic nitrogens is 1. The zero-order valence-corrected chi connectivity index (χ0v) is 13.4. The summed E-state index contributed by atoms with van der Waals surface area (Å²) in [4.78, 5) is 12.2. The van der Waals surface area contributed by atoms with Gasteiger partial charge in [0, 0.05) is 32.8 Å². The van der Waals surface area contributed by atoms with Crippen LogP contribution in [0.25, 0.3) is 10.9 Å². The average molecular weight is 333 g/mol. The number of hydrogen-bond donors (Lipinski definition) is 1. The molecule has 0 bridgehead atoms. The SMILES string of the molecule is Cc1cc(Cl)ccc1NC(=O)Cn1ccc2cc(Cl)ccc21. The Hall–Kier alpha value is -1.97. The number of rotatable bonds is 3. The highest BCUT2D eigenvalue weighted by Gasteiger charge is 2.08. The van der Waals surface area contributed by atoms with Gasteiger partial charge in [0.1, 0.15) is 6.54 Å². The van der Waals surface area contributed by atoms with Gasteiger partial charge in [-0.05, 0) is 55.0 Å². The van der Waals surface area contributed by atoms with Gasteiger partial charge in [-0.15, -0.1) is 0 Å². The molecule has 0 fully saturated rings. The lowest BCUT2D eigenvalue weighted by Gasteiger charge is -2.10. The minimum absolute atomic E-state index is 0.0853. The highest BCUT2D eigenvalue weighted by molar-refractivity contribution is 6.31. The number of amides is 1. The molecule has 0 saturated heterocycles. The molecule has 22 heavy (non-hydrogen) atoms. The highest BCUT2D eigenvalue weighted by atomic mass is 35.5. The van der Waals surface area contributed by atoms with Gasteiger partial charge in [-0.1, -0.05) is 23.2 Å². The first-order valence-electron chi connectivity index (χ1n) is 6.83. The molecule has 1 amide bonds. The Balaban J connectivity index is 1.78. The lowest BCUT2D eigenvalue weighted by Crippen LogP contribution is -2.18. The summed E-state index contributed by atoms with van der Waals surface area (Å²) in [5, 5.41) is 5.27. The number of aryl methyl sites for hydroxylation is 1.